The molecule has 0 spiro atoms. The summed E-state index contributed by atoms with van der Waals surface area (Å²) in [4.78, 5) is 13.0. The lowest BCUT2D eigenvalue weighted by atomic mass is 10.1. The summed E-state index contributed by atoms with van der Waals surface area (Å²) in [6, 6.07) is 3.34. The minimum absolute atomic E-state index is 0.252. The third kappa shape index (κ3) is 5.04. The first-order chi connectivity index (χ1) is 12.3. The van der Waals surface area contributed by atoms with Crippen molar-refractivity contribution in [1.29, 1.82) is 0 Å². The molecule has 3 rings (SSSR count). The highest BCUT2D eigenvalue weighted by molar-refractivity contribution is 5.80. The second kappa shape index (κ2) is 8.99. The van der Waals surface area contributed by atoms with Crippen LogP contribution >= 0.6 is 0 Å². The molecule has 3 heterocycles. The predicted octanol–water partition coefficient (Wildman–Crippen LogP) is 1.45. The molecule has 2 N–H and O–H groups in total. The van der Waals surface area contributed by atoms with Crippen LogP contribution < -0.4 is 15.5 Å². The summed E-state index contributed by atoms with van der Waals surface area (Å²) in [5.74, 6) is 1.01. The zero-order valence-corrected chi connectivity index (χ0v) is 15.0. The van der Waals surface area contributed by atoms with Crippen molar-refractivity contribution in [2.24, 2.45) is 4.99 Å². The molecule has 1 aromatic rings. The predicted molar refractivity (Wildman–Crippen MR) is 99.6 cm³/mol. The van der Waals surface area contributed by atoms with Crippen molar-refractivity contribution in [2.45, 2.75) is 31.7 Å². The third-order valence-corrected chi connectivity index (χ3v) is 4.96. The molecule has 138 valence electrons. The normalized spacial score (nSPS) is 22.2. The zero-order valence-electron chi connectivity index (χ0n) is 15.0. The van der Waals surface area contributed by atoms with Crippen LogP contribution in [0.1, 0.15) is 25.7 Å². The lowest BCUT2D eigenvalue weighted by molar-refractivity contribution is 0.232. The number of guanidine groups is 1. The smallest absolute Gasteiger partial charge is 0.191 e. The van der Waals surface area contributed by atoms with Gasteiger partial charge in [0.15, 0.2) is 17.6 Å². The molecular formula is C18H29FN6. The summed E-state index contributed by atoms with van der Waals surface area (Å²) in [7, 11) is 1.79. The van der Waals surface area contributed by atoms with Gasteiger partial charge in [0.2, 0.25) is 0 Å². The van der Waals surface area contributed by atoms with Gasteiger partial charge in [-0.25, -0.2) is 9.37 Å². The minimum atomic E-state index is -0.257. The summed E-state index contributed by atoms with van der Waals surface area (Å²) in [6.45, 7) is 5.90. The molecule has 7 heteroatoms. The Hall–Kier alpha value is -1.89. The van der Waals surface area contributed by atoms with E-state index in [9.17, 15) is 4.39 Å². The highest BCUT2D eigenvalue weighted by Gasteiger charge is 2.25. The van der Waals surface area contributed by atoms with Crippen LogP contribution in [0.25, 0.3) is 0 Å². The number of pyridine rings is 1. The highest BCUT2D eigenvalue weighted by Crippen LogP contribution is 2.20. The first-order valence-corrected chi connectivity index (χ1v) is 9.31. The number of aliphatic imine (C=N–C) groups is 1. The minimum Gasteiger partial charge on any atom is -0.355 e. The third-order valence-electron chi connectivity index (χ3n) is 4.96. The maximum Gasteiger partial charge on any atom is 0.191 e. The second-order valence-corrected chi connectivity index (χ2v) is 6.79. The highest BCUT2D eigenvalue weighted by atomic mass is 19.1. The van der Waals surface area contributed by atoms with Crippen molar-refractivity contribution >= 4 is 11.8 Å². The van der Waals surface area contributed by atoms with Crippen LogP contribution in [0.15, 0.2) is 23.3 Å². The van der Waals surface area contributed by atoms with Crippen molar-refractivity contribution in [3.63, 3.8) is 0 Å². The fraction of sp³-hybridized carbons (Fsp3) is 0.667. The number of likely N-dealkylation sites (tertiary alicyclic amines) is 1. The summed E-state index contributed by atoms with van der Waals surface area (Å²) in [5.41, 5.74) is 0. The van der Waals surface area contributed by atoms with Gasteiger partial charge in [-0.3, -0.25) is 4.99 Å². The van der Waals surface area contributed by atoms with Gasteiger partial charge in [-0.1, -0.05) is 6.42 Å². The number of rotatable bonds is 5. The largest absolute Gasteiger partial charge is 0.355 e. The van der Waals surface area contributed by atoms with E-state index in [-0.39, 0.29) is 11.9 Å². The van der Waals surface area contributed by atoms with E-state index in [1.807, 2.05) is 4.90 Å². The summed E-state index contributed by atoms with van der Waals surface area (Å²) in [6.07, 6.45) is 6.58. The van der Waals surface area contributed by atoms with Crippen molar-refractivity contribution in [3.05, 3.63) is 24.1 Å². The first kappa shape index (κ1) is 17.9. The van der Waals surface area contributed by atoms with Crippen LogP contribution in [0.5, 0.6) is 0 Å². The van der Waals surface area contributed by atoms with Crippen LogP contribution in [0.4, 0.5) is 10.2 Å². The second-order valence-electron chi connectivity index (χ2n) is 6.79. The Kier molecular flexibility index (Phi) is 6.44. The van der Waals surface area contributed by atoms with Crippen LogP contribution in [0.3, 0.4) is 0 Å². The van der Waals surface area contributed by atoms with Gasteiger partial charge in [-0.05, 0) is 44.5 Å². The van der Waals surface area contributed by atoms with Gasteiger partial charge in [0.25, 0.3) is 0 Å². The molecule has 0 bridgehead atoms. The molecule has 1 atom stereocenters. The lowest BCUT2D eigenvalue weighted by Gasteiger charge is -2.27. The number of anilines is 1. The van der Waals surface area contributed by atoms with Gasteiger partial charge in [-0.15, -0.1) is 0 Å². The number of nitrogens with one attached hydrogen (secondary N) is 2. The number of piperidine rings is 1. The molecule has 6 nitrogen and oxygen atoms in total. The van der Waals surface area contributed by atoms with E-state index in [1.54, 1.807) is 19.3 Å². The average molecular weight is 348 g/mol. The molecule has 2 aliphatic rings. The molecule has 0 amide bonds. The molecule has 25 heavy (non-hydrogen) atoms. The van der Waals surface area contributed by atoms with E-state index in [1.165, 1.54) is 38.4 Å². The number of halogens is 1. The fourth-order valence-electron chi connectivity index (χ4n) is 3.58. The monoisotopic (exact) mass is 348 g/mol. The standard InChI is InChI=1S/C18H29FN6/c1-20-18(22-9-13-24-10-3-2-4-11-24)23-15-7-12-25(14-15)17-16(19)6-5-8-21-17/h5-6,8,15H,2-4,7,9-14H2,1H3,(H2,20,22,23). The summed E-state index contributed by atoms with van der Waals surface area (Å²) < 4.78 is 13.9. The van der Waals surface area contributed by atoms with Crippen LogP contribution in [0.2, 0.25) is 0 Å². The van der Waals surface area contributed by atoms with Gasteiger partial charge < -0.3 is 20.4 Å². The van der Waals surface area contributed by atoms with E-state index in [0.717, 1.165) is 38.6 Å². The molecule has 2 fully saturated rings. The molecule has 1 unspecified atom stereocenters. The van der Waals surface area contributed by atoms with E-state index in [4.69, 9.17) is 0 Å². The van der Waals surface area contributed by atoms with Crippen molar-refractivity contribution in [2.75, 3.05) is 51.2 Å². The molecule has 0 saturated carbocycles. The Balaban J connectivity index is 1.42. The molecule has 0 aromatic carbocycles. The number of hydrogen-bond acceptors (Lipinski definition) is 4. The quantitative estimate of drug-likeness (QED) is 0.623. The average Bonchev–Trinajstić information content (AvgIpc) is 3.10. The number of nitrogens with zero attached hydrogens (tertiary/aromatic N) is 4. The van der Waals surface area contributed by atoms with Crippen molar-refractivity contribution in [1.82, 2.24) is 20.5 Å². The van der Waals surface area contributed by atoms with E-state index >= 15 is 0 Å². The summed E-state index contributed by atoms with van der Waals surface area (Å²) >= 11 is 0. The lowest BCUT2D eigenvalue weighted by Crippen LogP contribution is -2.47. The van der Waals surface area contributed by atoms with Crippen molar-refractivity contribution < 1.29 is 4.39 Å². The van der Waals surface area contributed by atoms with Crippen LogP contribution in [-0.2, 0) is 0 Å². The van der Waals surface area contributed by atoms with E-state index < -0.39 is 0 Å². The van der Waals surface area contributed by atoms with Crippen LogP contribution in [0, 0.1) is 5.82 Å². The van der Waals surface area contributed by atoms with Gasteiger partial charge in [0.05, 0.1) is 0 Å². The van der Waals surface area contributed by atoms with Gasteiger partial charge in [-0.2, -0.15) is 0 Å². The zero-order chi connectivity index (χ0) is 17.5. The maximum atomic E-state index is 13.9. The number of aromatic nitrogens is 1. The maximum absolute atomic E-state index is 13.9. The molecule has 1 aromatic heterocycles. The van der Waals surface area contributed by atoms with Crippen molar-refractivity contribution in [3.8, 4) is 0 Å². The Labute approximate surface area is 149 Å². The Morgan fingerprint density at radius 1 is 1.32 bits per heavy atom. The van der Waals surface area contributed by atoms with E-state index in [0.29, 0.717) is 5.82 Å². The molecule has 2 aliphatic heterocycles. The molecule has 2 saturated heterocycles. The first-order valence-electron chi connectivity index (χ1n) is 9.31. The summed E-state index contributed by atoms with van der Waals surface area (Å²) in [5, 5.41) is 6.85. The Morgan fingerprint density at radius 3 is 2.92 bits per heavy atom. The molecular weight excluding hydrogens is 319 g/mol. The molecule has 0 radical (unpaired) electrons. The SMILES string of the molecule is CN=C(NCCN1CCCCC1)NC1CCN(c2ncccc2F)C1. The van der Waals surface area contributed by atoms with Gasteiger partial charge in [0.1, 0.15) is 0 Å². The van der Waals surface area contributed by atoms with Gasteiger partial charge in [0, 0.05) is 45.5 Å². The number of hydrogen-bond donors (Lipinski definition) is 2. The topological polar surface area (TPSA) is 55.8 Å². The molecule has 0 aliphatic carbocycles. The van der Waals surface area contributed by atoms with Gasteiger partial charge >= 0.3 is 0 Å². The van der Waals surface area contributed by atoms with Crippen LogP contribution in [-0.4, -0.2) is 68.2 Å². The fourth-order valence-corrected chi connectivity index (χ4v) is 3.58. The Morgan fingerprint density at radius 2 is 2.16 bits per heavy atom. The Bertz CT molecular complexity index is 572. The van der Waals surface area contributed by atoms with E-state index in [2.05, 4.69) is 25.5 Å².